The van der Waals surface area contributed by atoms with Gasteiger partial charge in [-0.2, -0.15) is 0 Å². The Bertz CT molecular complexity index is 1230. The van der Waals surface area contributed by atoms with E-state index in [4.69, 9.17) is 0 Å². The van der Waals surface area contributed by atoms with Gasteiger partial charge in [0.1, 0.15) is 17.8 Å². The van der Waals surface area contributed by atoms with Crippen molar-refractivity contribution in [2.24, 2.45) is 0 Å². The number of aromatic amines is 1. The summed E-state index contributed by atoms with van der Waals surface area (Å²) in [6, 6.07) is 16.4. The van der Waals surface area contributed by atoms with Gasteiger partial charge in [0.25, 0.3) is 0 Å². The first-order valence-corrected chi connectivity index (χ1v) is 10.2. The van der Waals surface area contributed by atoms with E-state index in [1.165, 1.54) is 6.33 Å². The van der Waals surface area contributed by atoms with E-state index in [0.29, 0.717) is 46.6 Å². The van der Waals surface area contributed by atoms with Gasteiger partial charge < -0.3 is 20.5 Å². The van der Waals surface area contributed by atoms with Crippen molar-refractivity contribution in [1.29, 1.82) is 0 Å². The lowest BCUT2D eigenvalue weighted by molar-refractivity contribution is -0.116. The fourth-order valence-corrected chi connectivity index (χ4v) is 3.30. The van der Waals surface area contributed by atoms with Gasteiger partial charge >= 0.3 is 0 Å². The highest BCUT2D eigenvalue weighted by Gasteiger charge is 2.18. The third-order valence-corrected chi connectivity index (χ3v) is 4.97. The predicted molar refractivity (Wildman–Crippen MR) is 125 cm³/mol. The zero-order chi connectivity index (χ0) is 22.5. The third-order valence-electron chi connectivity index (χ3n) is 4.97. The molecular weight excluding hydrogens is 404 g/mol. The van der Waals surface area contributed by atoms with Crippen LogP contribution in [0.4, 0.5) is 17.2 Å². The Morgan fingerprint density at radius 2 is 1.69 bits per heavy atom. The van der Waals surface area contributed by atoms with E-state index >= 15 is 0 Å². The summed E-state index contributed by atoms with van der Waals surface area (Å²) in [5, 5.41) is 6.77. The molecule has 0 aliphatic heterocycles. The molecule has 1 amide bonds. The van der Waals surface area contributed by atoms with Gasteiger partial charge in [0.05, 0.1) is 10.9 Å². The Hall–Kier alpha value is -4.04. The molecule has 32 heavy (non-hydrogen) atoms. The zero-order valence-electron chi connectivity index (χ0n) is 17.9. The van der Waals surface area contributed by atoms with Gasteiger partial charge in [0.15, 0.2) is 5.78 Å². The highest BCUT2D eigenvalue weighted by Crippen LogP contribution is 2.28. The molecule has 0 aliphatic rings. The standard InChI is InChI=1S/C24H24N6O2/c1-30(2)13-12-20(31)28-17-8-10-18(11-9-17)29-24-21-19(14-25-23(21)26-15-27-24)22(32)16-6-4-3-5-7-16/h3-11,14-15H,12-13H2,1-2H3,(H,28,31)(H2,25,26,27,29). The lowest BCUT2D eigenvalue weighted by Gasteiger charge is -2.11. The molecule has 4 rings (SSSR count). The van der Waals surface area contributed by atoms with Gasteiger partial charge in [-0.15, -0.1) is 0 Å². The van der Waals surface area contributed by atoms with Gasteiger partial charge in [0.2, 0.25) is 5.91 Å². The minimum atomic E-state index is -0.106. The molecule has 0 unspecified atom stereocenters. The number of ketones is 1. The Kier molecular flexibility index (Phi) is 6.23. The zero-order valence-corrected chi connectivity index (χ0v) is 17.9. The number of aromatic nitrogens is 3. The van der Waals surface area contributed by atoms with Crippen LogP contribution in [0.5, 0.6) is 0 Å². The van der Waals surface area contributed by atoms with E-state index in [0.717, 1.165) is 5.69 Å². The number of H-pyrrole nitrogens is 1. The van der Waals surface area contributed by atoms with Crippen LogP contribution in [0, 0.1) is 0 Å². The topological polar surface area (TPSA) is 103 Å². The van der Waals surface area contributed by atoms with Crippen LogP contribution in [0.15, 0.2) is 67.1 Å². The lowest BCUT2D eigenvalue weighted by atomic mass is 10.0. The summed E-state index contributed by atoms with van der Waals surface area (Å²) < 4.78 is 0. The summed E-state index contributed by atoms with van der Waals surface area (Å²) in [5.41, 5.74) is 3.16. The number of carbonyl (C=O) groups excluding carboxylic acids is 2. The fourth-order valence-electron chi connectivity index (χ4n) is 3.30. The highest BCUT2D eigenvalue weighted by atomic mass is 16.1. The van der Waals surface area contributed by atoms with Gasteiger partial charge in [-0.1, -0.05) is 30.3 Å². The molecule has 0 bridgehead atoms. The molecule has 2 heterocycles. The van der Waals surface area contributed by atoms with Crippen LogP contribution >= 0.6 is 0 Å². The molecule has 0 atom stereocenters. The Morgan fingerprint density at radius 1 is 0.969 bits per heavy atom. The van der Waals surface area contributed by atoms with E-state index in [1.54, 1.807) is 18.3 Å². The molecule has 0 fully saturated rings. The molecule has 0 saturated heterocycles. The quantitative estimate of drug-likeness (QED) is 0.369. The first-order valence-electron chi connectivity index (χ1n) is 10.2. The molecule has 0 spiro atoms. The monoisotopic (exact) mass is 428 g/mol. The number of nitrogens with one attached hydrogen (secondary N) is 3. The smallest absolute Gasteiger partial charge is 0.225 e. The third kappa shape index (κ3) is 4.81. The highest BCUT2D eigenvalue weighted by molar-refractivity contribution is 6.18. The van der Waals surface area contributed by atoms with Crippen LogP contribution in [-0.2, 0) is 4.79 Å². The molecule has 4 aromatic rings. The summed E-state index contributed by atoms with van der Waals surface area (Å²) >= 11 is 0. The van der Waals surface area contributed by atoms with Crippen molar-refractivity contribution in [3.05, 3.63) is 78.2 Å². The Morgan fingerprint density at radius 3 is 2.41 bits per heavy atom. The van der Waals surface area contributed by atoms with Crippen molar-refractivity contribution in [2.75, 3.05) is 31.3 Å². The largest absolute Gasteiger partial charge is 0.345 e. The second kappa shape index (κ2) is 9.40. The summed E-state index contributed by atoms with van der Waals surface area (Å²) in [5.74, 6) is 0.386. The second-order valence-electron chi connectivity index (χ2n) is 7.65. The number of benzene rings is 2. The van der Waals surface area contributed by atoms with Gasteiger partial charge in [-0.25, -0.2) is 9.97 Å². The predicted octanol–water partition coefficient (Wildman–Crippen LogP) is 3.82. The Balaban J connectivity index is 1.54. The molecule has 0 radical (unpaired) electrons. The number of rotatable bonds is 8. The average Bonchev–Trinajstić information content (AvgIpc) is 3.24. The second-order valence-corrected chi connectivity index (χ2v) is 7.65. The summed E-state index contributed by atoms with van der Waals surface area (Å²) in [4.78, 5) is 38.7. The van der Waals surface area contributed by atoms with Gasteiger partial charge in [-0.05, 0) is 38.4 Å². The van der Waals surface area contributed by atoms with Crippen LogP contribution in [0.3, 0.4) is 0 Å². The number of nitrogens with zero attached hydrogens (tertiary/aromatic N) is 3. The van der Waals surface area contributed by atoms with Crippen LogP contribution < -0.4 is 10.6 Å². The molecule has 8 heteroatoms. The van der Waals surface area contributed by atoms with Crippen molar-refractivity contribution in [2.45, 2.75) is 6.42 Å². The molecule has 8 nitrogen and oxygen atoms in total. The van der Waals surface area contributed by atoms with Crippen LogP contribution in [-0.4, -0.2) is 52.2 Å². The normalized spacial score (nSPS) is 11.0. The van der Waals surface area contributed by atoms with Gasteiger partial charge in [0, 0.05) is 36.1 Å². The van der Waals surface area contributed by atoms with Crippen molar-refractivity contribution >= 4 is 39.9 Å². The molecule has 3 N–H and O–H groups in total. The number of fused-ring (bicyclic) bond motifs is 1. The first kappa shape index (κ1) is 21.2. The number of hydrogen-bond acceptors (Lipinski definition) is 6. The molecule has 2 aromatic heterocycles. The van der Waals surface area contributed by atoms with Crippen LogP contribution in [0.25, 0.3) is 11.0 Å². The fraction of sp³-hybridized carbons (Fsp3) is 0.167. The van der Waals surface area contributed by atoms with E-state index in [2.05, 4.69) is 25.6 Å². The minimum absolute atomic E-state index is 0.0340. The maximum atomic E-state index is 13.0. The average molecular weight is 428 g/mol. The van der Waals surface area contributed by atoms with E-state index < -0.39 is 0 Å². The van der Waals surface area contributed by atoms with E-state index in [9.17, 15) is 9.59 Å². The number of anilines is 3. The number of carbonyl (C=O) groups is 2. The molecule has 2 aromatic carbocycles. The Labute approximate surface area is 185 Å². The van der Waals surface area contributed by atoms with Crippen molar-refractivity contribution in [3.63, 3.8) is 0 Å². The summed E-state index contributed by atoms with van der Waals surface area (Å²) in [6.45, 7) is 0.690. The SMILES string of the molecule is CN(C)CCC(=O)Nc1ccc(Nc2ncnc3[nH]cc(C(=O)c4ccccc4)c23)cc1. The summed E-state index contributed by atoms with van der Waals surface area (Å²) in [7, 11) is 3.86. The maximum absolute atomic E-state index is 13.0. The van der Waals surface area contributed by atoms with E-state index in [1.807, 2.05) is 61.5 Å². The molecular formula is C24H24N6O2. The van der Waals surface area contributed by atoms with E-state index in [-0.39, 0.29) is 11.7 Å². The maximum Gasteiger partial charge on any atom is 0.225 e. The number of amides is 1. The molecule has 162 valence electrons. The van der Waals surface area contributed by atoms with Crippen molar-refractivity contribution in [3.8, 4) is 0 Å². The molecule has 0 aliphatic carbocycles. The first-order chi connectivity index (χ1) is 15.5. The van der Waals surface area contributed by atoms with Crippen molar-refractivity contribution in [1.82, 2.24) is 19.9 Å². The van der Waals surface area contributed by atoms with Crippen LogP contribution in [0.1, 0.15) is 22.3 Å². The van der Waals surface area contributed by atoms with Crippen molar-refractivity contribution < 1.29 is 9.59 Å². The lowest BCUT2D eigenvalue weighted by Crippen LogP contribution is -2.20. The summed E-state index contributed by atoms with van der Waals surface area (Å²) in [6.07, 6.45) is 3.53. The van der Waals surface area contributed by atoms with Crippen LogP contribution in [0.2, 0.25) is 0 Å². The molecule has 0 saturated carbocycles. The minimum Gasteiger partial charge on any atom is -0.345 e. The number of hydrogen-bond donors (Lipinski definition) is 3. The van der Waals surface area contributed by atoms with Gasteiger partial charge in [-0.3, -0.25) is 9.59 Å².